The molecule has 2 rings (SSSR count). The first-order chi connectivity index (χ1) is 7.40. The minimum atomic E-state index is 0.464. The number of rotatable bonds is 2. The summed E-state index contributed by atoms with van der Waals surface area (Å²) in [4.78, 5) is 4.15. The van der Waals surface area contributed by atoms with Gasteiger partial charge in [0.05, 0.1) is 12.4 Å². The highest BCUT2D eigenvalue weighted by molar-refractivity contribution is 5.76. The predicted octanol–water partition coefficient (Wildman–Crippen LogP) is 1.35. The van der Waals surface area contributed by atoms with Crippen molar-refractivity contribution < 1.29 is 5.21 Å². The lowest BCUT2D eigenvalue weighted by Gasteiger charge is -1.98. The molecule has 0 bridgehead atoms. The second-order valence-electron chi connectivity index (χ2n) is 2.82. The normalized spacial score (nSPS) is 10.7. The fourth-order valence-corrected chi connectivity index (χ4v) is 1.15. The van der Waals surface area contributed by atoms with Crippen LogP contribution >= 0.6 is 0 Å². The van der Waals surface area contributed by atoms with Crippen LogP contribution in [0.4, 0.5) is 0 Å². The number of hydrogen-bond acceptors (Lipinski definition) is 5. The minimum absolute atomic E-state index is 0.464. The topological polar surface area (TPSA) is 71.3 Å². The third-order valence-corrected chi connectivity index (χ3v) is 1.80. The summed E-state index contributed by atoms with van der Waals surface area (Å²) in [6, 6.07) is 9.47. The third kappa shape index (κ3) is 2.14. The second-order valence-corrected chi connectivity index (χ2v) is 2.82. The number of benzene rings is 1. The summed E-state index contributed by atoms with van der Waals surface area (Å²) in [5.74, 6) is 0.507. The lowest BCUT2D eigenvalue weighted by molar-refractivity contribution is 0.321. The molecule has 5 heteroatoms. The van der Waals surface area contributed by atoms with Crippen molar-refractivity contribution in [3.8, 4) is 11.4 Å². The quantitative estimate of drug-likeness (QED) is 0.451. The summed E-state index contributed by atoms with van der Waals surface area (Å²) >= 11 is 0. The average molecular weight is 200 g/mol. The van der Waals surface area contributed by atoms with Gasteiger partial charge in [-0.1, -0.05) is 35.5 Å². The Morgan fingerprint density at radius 2 is 2.00 bits per heavy atom. The van der Waals surface area contributed by atoms with Crippen LogP contribution in [0, 0.1) is 0 Å². The maximum absolute atomic E-state index is 8.36. The van der Waals surface area contributed by atoms with E-state index in [4.69, 9.17) is 5.21 Å². The number of nitrogens with zero attached hydrogens (tertiary/aromatic N) is 4. The highest BCUT2D eigenvalue weighted by atomic mass is 16.4. The monoisotopic (exact) mass is 200 g/mol. The van der Waals surface area contributed by atoms with E-state index in [1.165, 1.54) is 12.4 Å². The fraction of sp³-hybridized carbons (Fsp3) is 0. The van der Waals surface area contributed by atoms with Gasteiger partial charge in [0.15, 0.2) is 5.82 Å². The molecule has 1 aromatic carbocycles. The summed E-state index contributed by atoms with van der Waals surface area (Å²) in [5.41, 5.74) is 1.34. The van der Waals surface area contributed by atoms with E-state index in [1.54, 1.807) is 0 Å². The van der Waals surface area contributed by atoms with Gasteiger partial charge in [-0.3, -0.25) is 0 Å². The maximum atomic E-state index is 8.36. The largest absolute Gasteiger partial charge is 0.411 e. The molecule has 0 spiro atoms. The van der Waals surface area contributed by atoms with Crippen molar-refractivity contribution in [1.82, 2.24) is 15.2 Å². The van der Waals surface area contributed by atoms with Crippen LogP contribution in [-0.4, -0.2) is 26.6 Å². The van der Waals surface area contributed by atoms with E-state index in [2.05, 4.69) is 20.3 Å². The molecule has 0 fully saturated rings. The Hall–Kier alpha value is -2.30. The van der Waals surface area contributed by atoms with E-state index in [0.717, 1.165) is 5.56 Å². The highest BCUT2D eigenvalue weighted by Gasteiger charge is 2.01. The molecule has 1 aromatic heterocycles. The Morgan fingerprint density at radius 3 is 2.73 bits per heavy atom. The van der Waals surface area contributed by atoms with Crippen LogP contribution in [-0.2, 0) is 0 Å². The van der Waals surface area contributed by atoms with E-state index < -0.39 is 0 Å². The molecule has 0 amide bonds. The van der Waals surface area contributed by atoms with Crippen LogP contribution < -0.4 is 0 Å². The second kappa shape index (κ2) is 4.28. The first kappa shape index (κ1) is 9.26. The van der Waals surface area contributed by atoms with Gasteiger partial charge in [-0.05, 0) is 0 Å². The third-order valence-electron chi connectivity index (χ3n) is 1.80. The van der Waals surface area contributed by atoms with Crippen LogP contribution in [0.5, 0.6) is 0 Å². The lowest BCUT2D eigenvalue weighted by Crippen LogP contribution is -1.96. The standard InChI is InChI=1S/C10H8N4O/c15-12-7-9-6-11-14-10(13-9)8-4-2-1-3-5-8/h1-7,15H/b12-7-. The van der Waals surface area contributed by atoms with Crippen molar-refractivity contribution in [3.63, 3.8) is 0 Å². The molecule has 0 radical (unpaired) electrons. The Labute approximate surface area is 86.1 Å². The van der Waals surface area contributed by atoms with Crippen LogP contribution in [0.15, 0.2) is 41.7 Å². The molecule has 1 N–H and O–H groups in total. The molecule has 0 aliphatic rings. The number of oxime groups is 1. The molecule has 0 aliphatic heterocycles. The summed E-state index contributed by atoms with van der Waals surface area (Å²) in [6.07, 6.45) is 2.63. The van der Waals surface area contributed by atoms with Gasteiger partial charge in [-0.25, -0.2) is 4.98 Å². The molecule has 0 saturated heterocycles. The molecule has 0 aliphatic carbocycles. The molecule has 0 atom stereocenters. The molecule has 2 aromatic rings. The van der Waals surface area contributed by atoms with E-state index in [1.807, 2.05) is 30.3 Å². The van der Waals surface area contributed by atoms with Crippen molar-refractivity contribution in [3.05, 3.63) is 42.2 Å². The Kier molecular flexibility index (Phi) is 2.64. The van der Waals surface area contributed by atoms with Crippen molar-refractivity contribution >= 4 is 6.21 Å². The van der Waals surface area contributed by atoms with Gasteiger partial charge in [0.2, 0.25) is 0 Å². The zero-order valence-corrected chi connectivity index (χ0v) is 7.78. The van der Waals surface area contributed by atoms with Gasteiger partial charge in [-0.2, -0.15) is 5.10 Å². The van der Waals surface area contributed by atoms with Gasteiger partial charge < -0.3 is 5.21 Å². The van der Waals surface area contributed by atoms with E-state index >= 15 is 0 Å². The smallest absolute Gasteiger partial charge is 0.182 e. The van der Waals surface area contributed by atoms with Gasteiger partial charge in [0.1, 0.15) is 5.69 Å². The van der Waals surface area contributed by atoms with Gasteiger partial charge >= 0.3 is 0 Å². The summed E-state index contributed by atoms with van der Waals surface area (Å²) in [5, 5.41) is 18.9. The van der Waals surface area contributed by atoms with E-state index in [9.17, 15) is 0 Å². The summed E-state index contributed by atoms with van der Waals surface area (Å²) in [7, 11) is 0. The van der Waals surface area contributed by atoms with Crippen LogP contribution in [0.2, 0.25) is 0 Å². The molecule has 15 heavy (non-hydrogen) atoms. The zero-order chi connectivity index (χ0) is 10.5. The van der Waals surface area contributed by atoms with Crippen molar-refractivity contribution in [2.24, 2.45) is 5.16 Å². The lowest BCUT2D eigenvalue weighted by atomic mass is 10.2. The van der Waals surface area contributed by atoms with Gasteiger partial charge in [-0.15, -0.1) is 5.10 Å². The number of aromatic nitrogens is 3. The molecule has 1 heterocycles. The van der Waals surface area contributed by atoms with Crippen molar-refractivity contribution in [1.29, 1.82) is 0 Å². The summed E-state index contributed by atoms with van der Waals surface area (Å²) < 4.78 is 0. The first-order valence-electron chi connectivity index (χ1n) is 4.33. The SMILES string of the molecule is O/N=C\c1cnnc(-c2ccccc2)n1. The molecule has 74 valence electrons. The van der Waals surface area contributed by atoms with Crippen molar-refractivity contribution in [2.75, 3.05) is 0 Å². The Balaban J connectivity index is 2.41. The van der Waals surface area contributed by atoms with Gasteiger partial charge in [0.25, 0.3) is 0 Å². The minimum Gasteiger partial charge on any atom is -0.411 e. The average Bonchev–Trinajstić information content (AvgIpc) is 2.31. The zero-order valence-electron chi connectivity index (χ0n) is 7.78. The summed E-state index contributed by atoms with van der Waals surface area (Å²) in [6.45, 7) is 0. The Bertz CT molecular complexity index is 470. The van der Waals surface area contributed by atoms with Crippen LogP contribution in [0.3, 0.4) is 0 Å². The van der Waals surface area contributed by atoms with E-state index in [0.29, 0.717) is 11.5 Å². The van der Waals surface area contributed by atoms with Crippen molar-refractivity contribution in [2.45, 2.75) is 0 Å². The molecular formula is C10H8N4O. The number of hydrogen-bond donors (Lipinski definition) is 1. The van der Waals surface area contributed by atoms with Gasteiger partial charge in [0, 0.05) is 5.56 Å². The first-order valence-corrected chi connectivity index (χ1v) is 4.33. The molecule has 0 saturated carbocycles. The maximum Gasteiger partial charge on any atom is 0.182 e. The Morgan fingerprint density at radius 1 is 1.20 bits per heavy atom. The highest BCUT2D eigenvalue weighted by Crippen LogP contribution is 2.11. The fourth-order valence-electron chi connectivity index (χ4n) is 1.15. The molecule has 5 nitrogen and oxygen atoms in total. The molecule has 0 unspecified atom stereocenters. The van der Waals surface area contributed by atoms with Crippen LogP contribution in [0.25, 0.3) is 11.4 Å². The van der Waals surface area contributed by atoms with E-state index in [-0.39, 0.29) is 0 Å². The van der Waals surface area contributed by atoms with Crippen LogP contribution in [0.1, 0.15) is 5.69 Å². The predicted molar refractivity (Wildman–Crippen MR) is 54.6 cm³/mol. The molecular weight excluding hydrogens is 192 g/mol.